The van der Waals surface area contributed by atoms with Crippen molar-refractivity contribution in [2.75, 3.05) is 0 Å². The van der Waals surface area contributed by atoms with Gasteiger partial charge in [-0.2, -0.15) is 0 Å². The predicted octanol–water partition coefficient (Wildman–Crippen LogP) is -0.144. The number of aliphatic carboxylic acids is 1. The molecule has 0 radical (unpaired) electrons. The van der Waals surface area contributed by atoms with E-state index in [1.54, 1.807) is 0 Å². The Morgan fingerprint density at radius 2 is 1.67 bits per heavy atom. The normalized spacial score (nSPS) is 11.8. The van der Waals surface area contributed by atoms with Crippen molar-refractivity contribution in [2.24, 2.45) is 0 Å². The number of nitrogens with zero attached hydrogens (tertiary/aromatic N) is 2. The van der Waals surface area contributed by atoms with E-state index in [0.29, 0.717) is 0 Å². The van der Waals surface area contributed by atoms with Crippen molar-refractivity contribution >= 4 is 5.97 Å². The highest BCUT2D eigenvalue weighted by Crippen LogP contribution is 2.05. The molecule has 0 spiro atoms. The van der Waals surface area contributed by atoms with Crippen molar-refractivity contribution in [3.8, 4) is 0 Å². The number of carbonyl (C=O) groups is 1. The van der Waals surface area contributed by atoms with Gasteiger partial charge in [0.15, 0.2) is 0 Å². The summed E-state index contributed by atoms with van der Waals surface area (Å²) in [5, 5.41) is 28.0. The Balaban J connectivity index is 5.23. The van der Waals surface area contributed by atoms with Crippen LogP contribution in [-0.2, 0) is 4.79 Å². The molecule has 0 saturated carbocycles. The summed E-state index contributed by atoms with van der Waals surface area (Å²) < 4.78 is 0. The summed E-state index contributed by atoms with van der Waals surface area (Å²) in [6.45, 7) is 0.756. The average molecular weight is 176 g/mol. The second-order valence-corrected chi connectivity index (χ2v) is 1.75. The second-order valence-electron chi connectivity index (χ2n) is 1.75. The fourth-order valence-electron chi connectivity index (χ4n) is 0.451. The van der Waals surface area contributed by atoms with Gasteiger partial charge in [0.05, 0.1) is 9.85 Å². The molecule has 0 aliphatic rings. The van der Waals surface area contributed by atoms with E-state index < -0.39 is 27.2 Å². The summed E-state index contributed by atoms with van der Waals surface area (Å²) in [6.07, 6.45) is 0. The molecule has 0 rings (SSSR count). The molecular formula is C4H4N2O6. The number of carboxylic acid groups (broad SMARTS) is 1. The average Bonchev–Trinajstić information content (AvgIpc) is 1.85. The van der Waals surface area contributed by atoms with Gasteiger partial charge in [-0.3, -0.25) is 20.2 Å². The largest absolute Gasteiger partial charge is 0.473 e. The number of carboxylic acids is 1. The van der Waals surface area contributed by atoms with Gasteiger partial charge in [-0.15, -0.1) is 0 Å². The van der Waals surface area contributed by atoms with E-state index in [2.05, 4.69) is 0 Å². The molecule has 66 valence electrons. The standard InChI is InChI=1S/C4H4N2O6/c1-2(5(9)10)3(4(7)8)6(11)12/h1H3,(H,7,8)/b3-2+. The molecule has 0 amide bonds. The van der Waals surface area contributed by atoms with E-state index in [0.717, 1.165) is 6.92 Å². The molecule has 8 nitrogen and oxygen atoms in total. The number of allylic oxidation sites excluding steroid dienone is 1. The minimum atomic E-state index is -1.92. The number of hydrogen-bond donors (Lipinski definition) is 1. The molecule has 0 aliphatic carbocycles. The molecule has 0 aromatic rings. The van der Waals surface area contributed by atoms with Gasteiger partial charge in [0.2, 0.25) is 0 Å². The minimum absolute atomic E-state index is 0.756. The zero-order valence-electron chi connectivity index (χ0n) is 5.88. The summed E-state index contributed by atoms with van der Waals surface area (Å²) in [7, 11) is 0. The summed E-state index contributed by atoms with van der Waals surface area (Å²) in [4.78, 5) is 27.5. The molecule has 0 saturated heterocycles. The number of nitro groups is 2. The number of rotatable bonds is 3. The van der Waals surface area contributed by atoms with Crippen LogP contribution in [0.25, 0.3) is 0 Å². The molecule has 8 heteroatoms. The van der Waals surface area contributed by atoms with Gasteiger partial charge in [-0.1, -0.05) is 0 Å². The molecule has 0 aliphatic heterocycles. The maximum absolute atomic E-state index is 10.1. The molecule has 0 unspecified atom stereocenters. The Kier molecular flexibility index (Phi) is 2.85. The lowest BCUT2D eigenvalue weighted by Gasteiger charge is -1.91. The van der Waals surface area contributed by atoms with E-state index >= 15 is 0 Å². The zero-order valence-corrected chi connectivity index (χ0v) is 5.88. The fourth-order valence-corrected chi connectivity index (χ4v) is 0.451. The third-order valence-corrected chi connectivity index (χ3v) is 1.00. The summed E-state index contributed by atoms with van der Waals surface area (Å²) >= 11 is 0. The van der Waals surface area contributed by atoms with Crippen molar-refractivity contribution in [1.29, 1.82) is 0 Å². The first-order valence-corrected chi connectivity index (χ1v) is 2.61. The summed E-state index contributed by atoms with van der Waals surface area (Å²) in [5.41, 5.74) is -2.41. The van der Waals surface area contributed by atoms with Crippen LogP contribution in [0.4, 0.5) is 0 Å². The van der Waals surface area contributed by atoms with Gasteiger partial charge in [-0.25, -0.2) is 4.79 Å². The monoisotopic (exact) mass is 176 g/mol. The van der Waals surface area contributed by atoms with Crippen LogP contribution in [0.1, 0.15) is 6.92 Å². The third kappa shape index (κ3) is 2.01. The Bertz CT molecular complexity index is 263. The topological polar surface area (TPSA) is 124 Å². The van der Waals surface area contributed by atoms with E-state index in [9.17, 15) is 25.0 Å². The SMILES string of the molecule is C/C(=C(/C(=O)O)[N+](=O)[O-])[N+](=O)[O-]. The van der Waals surface area contributed by atoms with Crippen LogP contribution in [0.3, 0.4) is 0 Å². The van der Waals surface area contributed by atoms with Gasteiger partial charge >= 0.3 is 17.4 Å². The van der Waals surface area contributed by atoms with Crippen molar-refractivity contribution in [3.63, 3.8) is 0 Å². The lowest BCUT2D eigenvalue weighted by atomic mass is 10.3. The molecule has 0 aromatic heterocycles. The molecule has 12 heavy (non-hydrogen) atoms. The fraction of sp³-hybridized carbons (Fsp3) is 0.250. The first-order chi connectivity index (χ1) is 5.37. The smallest absolute Gasteiger partial charge is 0.424 e. The highest BCUT2D eigenvalue weighted by molar-refractivity contribution is 5.84. The van der Waals surface area contributed by atoms with Crippen LogP contribution in [-0.4, -0.2) is 20.9 Å². The van der Waals surface area contributed by atoms with Crippen LogP contribution in [0.2, 0.25) is 0 Å². The molecule has 0 heterocycles. The highest BCUT2D eigenvalue weighted by Gasteiger charge is 2.31. The van der Waals surface area contributed by atoms with Crippen LogP contribution in [0.5, 0.6) is 0 Å². The minimum Gasteiger partial charge on any atom is -0.473 e. The maximum atomic E-state index is 10.1. The molecule has 0 aromatic carbocycles. The lowest BCUT2D eigenvalue weighted by Crippen LogP contribution is -2.15. The van der Waals surface area contributed by atoms with E-state index in [-0.39, 0.29) is 0 Å². The predicted molar refractivity (Wildman–Crippen MR) is 34.3 cm³/mol. The van der Waals surface area contributed by atoms with Crippen molar-refractivity contribution in [2.45, 2.75) is 6.92 Å². The van der Waals surface area contributed by atoms with Gasteiger partial charge < -0.3 is 5.11 Å². The first kappa shape index (κ1) is 10.0. The zero-order chi connectivity index (χ0) is 9.89. The van der Waals surface area contributed by atoms with Crippen LogP contribution in [0, 0.1) is 20.2 Å². The Morgan fingerprint density at radius 3 is 1.75 bits per heavy atom. The van der Waals surface area contributed by atoms with Crippen LogP contribution < -0.4 is 0 Å². The Morgan fingerprint density at radius 1 is 1.25 bits per heavy atom. The Labute approximate surface area is 65.4 Å². The van der Waals surface area contributed by atoms with Gasteiger partial charge in [0.25, 0.3) is 0 Å². The van der Waals surface area contributed by atoms with E-state index in [1.165, 1.54) is 0 Å². The lowest BCUT2D eigenvalue weighted by molar-refractivity contribution is -0.467. The van der Waals surface area contributed by atoms with Crippen LogP contribution >= 0.6 is 0 Å². The molecular weight excluding hydrogens is 172 g/mol. The van der Waals surface area contributed by atoms with E-state index in [4.69, 9.17) is 5.11 Å². The molecule has 1 N–H and O–H groups in total. The first-order valence-electron chi connectivity index (χ1n) is 2.61. The van der Waals surface area contributed by atoms with Gasteiger partial charge in [-0.05, 0) is 0 Å². The highest BCUT2D eigenvalue weighted by atomic mass is 16.6. The Hall–Kier alpha value is -1.99. The van der Waals surface area contributed by atoms with Crippen molar-refractivity contribution in [1.82, 2.24) is 0 Å². The summed E-state index contributed by atoms with van der Waals surface area (Å²) in [6, 6.07) is 0. The van der Waals surface area contributed by atoms with Gasteiger partial charge in [0.1, 0.15) is 0 Å². The van der Waals surface area contributed by atoms with Crippen LogP contribution in [0.15, 0.2) is 11.4 Å². The quantitative estimate of drug-likeness (QED) is 0.362. The third-order valence-electron chi connectivity index (χ3n) is 1.00. The van der Waals surface area contributed by atoms with E-state index in [1.807, 2.05) is 0 Å². The van der Waals surface area contributed by atoms with Crippen molar-refractivity contribution in [3.05, 3.63) is 31.6 Å². The second kappa shape index (κ2) is 3.42. The summed E-state index contributed by atoms with van der Waals surface area (Å²) in [5.74, 6) is -1.92. The van der Waals surface area contributed by atoms with Crippen molar-refractivity contribution < 1.29 is 19.7 Å². The van der Waals surface area contributed by atoms with Gasteiger partial charge in [0, 0.05) is 6.92 Å². The molecule has 0 fully saturated rings. The maximum Gasteiger partial charge on any atom is 0.424 e. The molecule has 0 bridgehead atoms. The number of hydrogen-bond acceptors (Lipinski definition) is 5. The molecule has 0 atom stereocenters.